The molecule has 2 heterocycles. The monoisotopic (exact) mass is 322 g/mol. The molecule has 1 aliphatic rings. The van der Waals surface area contributed by atoms with Gasteiger partial charge in [0.2, 0.25) is 0 Å². The molecule has 0 aliphatic carbocycles. The van der Waals surface area contributed by atoms with Gasteiger partial charge in [0.25, 0.3) is 5.91 Å². The predicted molar refractivity (Wildman–Crippen MR) is 90.7 cm³/mol. The molecule has 1 aromatic carbocycles. The van der Waals surface area contributed by atoms with Gasteiger partial charge in [-0.05, 0) is 50.9 Å². The molecule has 0 radical (unpaired) electrons. The zero-order chi connectivity index (χ0) is 15.0. The summed E-state index contributed by atoms with van der Waals surface area (Å²) in [5.74, 6) is 0.730. The van der Waals surface area contributed by atoms with Crippen molar-refractivity contribution in [2.45, 2.75) is 39.3 Å². The average Bonchev–Trinajstić information content (AvgIpc) is 2.86. The molecular weight excluding hydrogens is 300 g/mol. The Kier molecular flexibility index (Phi) is 5.14. The van der Waals surface area contributed by atoms with Gasteiger partial charge in [-0.3, -0.25) is 4.79 Å². The molecule has 1 fully saturated rings. The number of piperidine rings is 1. The first-order chi connectivity index (χ1) is 10.0. The van der Waals surface area contributed by atoms with Gasteiger partial charge in [0.15, 0.2) is 5.76 Å². The second kappa shape index (κ2) is 6.71. The summed E-state index contributed by atoms with van der Waals surface area (Å²) >= 11 is 0. The molecule has 3 unspecified atom stereocenters. The molecule has 0 bridgehead atoms. The maximum Gasteiger partial charge on any atom is 0.287 e. The Balaban J connectivity index is 0.00000176. The minimum Gasteiger partial charge on any atom is -0.451 e. The smallest absolute Gasteiger partial charge is 0.287 e. The van der Waals surface area contributed by atoms with Gasteiger partial charge in [-0.15, -0.1) is 12.4 Å². The molecule has 1 saturated heterocycles. The van der Waals surface area contributed by atoms with Crippen LogP contribution in [0.5, 0.6) is 0 Å². The van der Waals surface area contributed by atoms with Crippen LogP contribution >= 0.6 is 12.4 Å². The number of carbonyl (C=O) groups is 1. The first-order valence-corrected chi connectivity index (χ1v) is 7.59. The number of hydrogen-bond acceptors (Lipinski definition) is 3. The number of fused-ring (bicyclic) bond motifs is 1. The van der Waals surface area contributed by atoms with Crippen LogP contribution in [0.1, 0.15) is 36.4 Å². The van der Waals surface area contributed by atoms with E-state index in [9.17, 15) is 4.79 Å². The van der Waals surface area contributed by atoms with Crippen LogP contribution in [-0.4, -0.2) is 24.5 Å². The van der Waals surface area contributed by atoms with E-state index in [1.54, 1.807) is 0 Å². The fourth-order valence-corrected chi connectivity index (χ4v) is 3.10. The first kappa shape index (κ1) is 16.8. The summed E-state index contributed by atoms with van der Waals surface area (Å²) in [5.41, 5.74) is 1.92. The number of carbonyl (C=O) groups excluding carboxylic acids is 1. The molecule has 2 aromatic rings. The molecule has 1 aromatic heterocycles. The van der Waals surface area contributed by atoms with Crippen LogP contribution in [0.25, 0.3) is 11.0 Å². The van der Waals surface area contributed by atoms with E-state index in [4.69, 9.17) is 4.42 Å². The Labute approximate surface area is 137 Å². The number of amides is 1. The lowest BCUT2D eigenvalue weighted by molar-refractivity contribution is 0.0871. The lowest BCUT2D eigenvalue weighted by Gasteiger charge is -2.35. The van der Waals surface area contributed by atoms with Gasteiger partial charge in [-0.1, -0.05) is 18.6 Å². The number of hydrogen-bond donors (Lipinski definition) is 2. The standard InChI is InChI=1S/C17H22N2O2.ClH/c1-10-4-5-14-13(8-10)9-15(21-14)17(20)19-16-11(2)6-7-18-12(16)3;/h4-5,8-9,11-12,16,18H,6-7H2,1-3H3,(H,19,20);1H. The van der Waals surface area contributed by atoms with E-state index >= 15 is 0 Å². The van der Waals surface area contributed by atoms with Crippen LogP contribution < -0.4 is 10.6 Å². The molecular formula is C17H23ClN2O2. The number of nitrogens with one attached hydrogen (secondary N) is 2. The van der Waals surface area contributed by atoms with Crippen LogP contribution in [0.2, 0.25) is 0 Å². The van der Waals surface area contributed by atoms with E-state index in [0.29, 0.717) is 11.7 Å². The van der Waals surface area contributed by atoms with Crippen molar-refractivity contribution in [3.8, 4) is 0 Å². The van der Waals surface area contributed by atoms with Gasteiger partial charge in [-0.25, -0.2) is 0 Å². The van der Waals surface area contributed by atoms with Crippen LogP contribution in [0.15, 0.2) is 28.7 Å². The van der Waals surface area contributed by atoms with E-state index in [-0.39, 0.29) is 30.4 Å². The molecule has 4 nitrogen and oxygen atoms in total. The molecule has 0 spiro atoms. The van der Waals surface area contributed by atoms with Gasteiger partial charge < -0.3 is 15.1 Å². The van der Waals surface area contributed by atoms with Crippen molar-refractivity contribution in [2.24, 2.45) is 5.92 Å². The maximum absolute atomic E-state index is 12.4. The largest absolute Gasteiger partial charge is 0.451 e. The molecule has 5 heteroatoms. The molecule has 3 atom stereocenters. The van der Waals surface area contributed by atoms with Crippen molar-refractivity contribution in [3.05, 3.63) is 35.6 Å². The number of halogens is 1. The SMILES string of the molecule is Cc1ccc2oc(C(=O)NC3C(C)CCNC3C)cc2c1.Cl. The lowest BCUT2D eigenvalue weighted by Crippen LogP contribution is -2.55. The van der Waals surface area contributed by atoms with E-state index in [0.717, 1.165) is 29.5 Å². The maximum atomic E-state index is 12.4. The van der Waals surface area contributed by atoms with Crippen LogP contribution in [0, 0.1) is 12.8 Å². The molecule has 2 N–H and O–H groups in total. The van der Waals surface area contributed by atoms with Crippen molar-refractivity contribution < 1.29 is 9.21 Å². The van der Waals surface area contributed by atoms with Crippen molar-refractivity contribution in [2.75, 3.05) is 6.54 Å². The molecule has 1 amide bonds. The quantitative estimate of drug-likeness (QED) is 0.892. The molecule has 3 rings (SSSR count). The third-order valence-electron chi connectivity index (χ3n) is 4.41. The van der Waals surface area contributed by atoms with Gasteiger partial charge in [0, 0.05) is 17.5 Å². The lowest BCUT2D eigenvalue weighted by atomic mass is 9.89. The predicted octanol–water partition coefficient (Wildman–Crippen LogP) is 3.28. The van der Waals surface area contributed by atoms with Crippen LogP contribution in [-0.2, 0) is 0 Å². The summed E-state index contributed by atoms with van der Waals surface area (Å²) in [5, 5.41) is 7.50. The Hall–Kier alpha value is -1.52. The van der Waals surface area contributed by atoms with Crippen LogP contribution in [0.4, 0.5) is 0 Å². The summed E-state index contributed by atoms with van der Waals surface area (Å²) in [4.78, 5) is 12.4. The minimum absolute atomic E-state index is 0. The Bertz CT molecular complexity index is 658. The number of furan rings is 1. The topological polar surface area (TPSA) is 54.3 Å². The van der Waals surface area contributed by atoms with Crippen molar-refractivity contribution >= 4 is 29.3 Å². The van der Waals surface area contributed by atoms with Crippen molar-refractivity contribution in [1.29, 1.82) is 0 Å². The van der Waals surface area contributed by atoms with Gasteiger partial charge in [-0.2, -0.15) is 0 Å². The van der Waals surface area contributed by atoms with Crippen molar-refractivity contribution in [3.63, 3.8) is 0 Å². The van der Waals surface area contributed by atoms with Gasteiger partial charge in [0.05, 0.1) is 0 Å². The molecule has 1 aliphatic heterocycles. The van der Waals surface area contributed by atoms with Crippen molar-refractivity contribution in [1.82, 2.24) is 10.6 Å². The summed E-state index contributed by atoms with van der Waals surface area (Å²) in [6, 6.07) is 8.18. The number of benzene rings is 1. The number of rotatable bonds is 2. The second-order valence-corrected chi connectivity index (χ2v) is 6.16. The van der Waals surface area contributed by atoms with E-state index in [2.05, 4.69) is 24.5 Å². The zero-order valence-electron chi connectivity index (χ0n) is 13.2. The second-order valence-electron chi connectivity index (χ2n) is 6.16. The zero-order valence-corrected chi connectivity index (χ0v) is 14.0. The molecule has 22 heavy (non-hydrogen) atoms. The fraction of sp³-hybridized carbons (Fsp3) is 0.471. The van der Waals surface area contributed by atoms with E-state index in [1.165, 1.54) is 0 Å². The summed E-state index contributed by atoms with van der Waals surface area (Å²) in [7, 11) is 0. The van der Waals surface area contributed by atoms with E-state index < -0.39 is 0 Å². The molecule has 120 valence electrons. The Morgan fingerprint density at radius 3 is 2.82 bits per heavy atom. The highest BCUT2D eigenvalue weighted by atomic mass is 35.5. The van der Waals surface area contributed by atoms with Crippen LogP contribution in [0.3, 0.4) is 0 Å². The first-order valence-electron chi connectivity index (χ1n) is 7.59. The van der Waals surface area contributed by atoms with Gasteiger partial charge in [0.1, 0.15) is 5.58 Å². The third kappa shape index (κ3) is 3.28. The number of aryl methyl sites for hydroxylation is 1. The highest BCUT2D eigenvalue weighted by molar-refractivity contribution is 5.96. The minimum atomic E-state index is -0.128. The Morgan fingerprint density at radius 2 is 2.09 bits per heavy atom. The normalized spacial score (nSPS) is 24.8. The molecule has 0 saturated carbocycles. The highest BCUT2D eigenvalue weighted by Crippen LogP contribution is 2.22. The van der Waals surface area contributed by atoms with E-state index in [1.807, 2.05) is 31.2 Å². The summed E-state index contributed by atoms with van der Waals surface area (Å²) in [6.07, 6.45) is 1.08. The fourth-order valence-electron chi connectivity index (χ4n) is 3.10. The average molecular weight is 323 g/mol. The third-order valence-corrected chi connectivity index (χ3v) is 4.41. The highest BCUT2D eigenvalue weighted by Gasteiger charge is 2.29. The van der Waals surface area contributed by atoms with Gasteiger partial charge >= 0.3 is 0 Å². The summed E-state index contributed by atoms with van der Waals surface area (Å²) in [6.45, 7) is 7.34. The summed E-state index contributed by atoms with van der Waals surface area (Å²) < 4.78 is 5.66. The Morgan fingerprint density at radius 1 is 1.32 bits per heavy atom.